The van der Waals surface area contributed by atoms with Crippen molar-refractivity contribution in [1.29, 1.82) is 0 Å². The van der Waals surface area contributed by atoms with Crippen LogP contribution in [-0.2, 0) is 17.6 Å². The summed E-state index contributed by atoms with van der Waals surface area (Å²) in [6.45, 7) is 4.68. The van der Waals surface area contributed by atoms with E-state index >= 15 is 0 Å². The number of thiazole rings is 1. The van der Waals surface area contributed by atoms with Crippen molar-refractivity contribution in [3.8, 4) is 22.1 Å². The van der Waals surface area contributed by atoms with E-state index in [1.54, 1.807) is 36.9 Å². The van der Waals surface area contributed by atoms with Crippen LogP contribution in [0, 0.1) is 16.7 Å². The van der Waals surface area contributed by atoms with Crippen molar-refractivity contribution in [3.63, 3.8) is 0 Å². The molecule has 0 spiro atoms. The molecule has 0 aliphatic heterocycles. The number of benzene rings is 1. The van der Waals surface area contributed by atoms with Crippen LogP contribution in [0.4, 0.5) is 0 Å². The van der Waals surface area contributed by atoms with Crippen molar-refractivity contribution < 1.29 is 24.5 Å². The monoisotopic (exact) mass is 570 g/mol. The zero-order valence-electron chi connectivity index (χ0n) is 23.0. The Morgan fingerprint density at radius 3 is 2.69 bits per heavy atom. The molecule has 0 saturated heterocycles. The summed E-state index contributed by atoms with van der Waals surface area (Å²) >= 11 is 3.34. The Hall–Kier alpha value is -2.46. The van der Waals surface area contributed by atoms with E-state index in [0.29, 0.717) is 37.3 Å². The summed E-state index contributed by atoms with van der Waals surface area (Å²) in [7, 11) is 3.23. The second-order valence-corrected chi connectivity index (χ2v) is 13.2. The van der Waals surface area contributed by atoms with Gasteiger partial charge in [0.05, 0.1) is 32.6 Å². The molecule has 1 aromatic carbocycles. The lowest BCUT2D eigenvalue weighted by Gasteiger charge is -2.58. The molecule has 1 fully saturated rings. The van der Waals surface area contributed by atoms with Crippen LogP contribution in [0.1, 0.15) is 55.2 Å². The number of aliphatic hydroxyl groups is 2. The summed E-state index contributed by atoms with van der Waals surface area (Å²) in [4.78, 5) is 19.7. The van der Waals surface area contributed by atoms with Crippen molar-refractivity contribution in [2.45, 2.75) is 58.0 Å². The van der Waals surface area contributed by atoms with E-state index in [1.165, 1.54) is 4.88 Å². The smallest absolute Gasteiger partial charge is 0.220 e. The Balaban J connectivity index is 1.38. The lowest BCUT2D eigenvalue weighted by Crippen LogP contribution is -2.57. The number of fused-ring (bicyclic) bond motifs is 2. The van der Waals surface area contributed by atoms with E-state index in [0.717, 1.165) is 34.7 Å². The molecule has 1 amide bonds. The van der Waals surface area contributed by atoms with Gasteiger partial charge in [-0.25, -0.2) is 4.98 Å². The van der Waals surface area contributed by atoms with Crippen LogP contribution in [0.5, 0.6) is 11.5 Å². The highest BCUT2D eigenvalue weighted by molar-refractivity contribution is 7.15. The maximum absolute atomic E-state index is 13.4. The van der Waals surface area contributed by atoms with E-state index in [2.05, 4.69) is 29.1 Å². The van der Waals surface area contributed by atoms with E-state index in [-0.39, 0.29) is 29.8 Å². The summed E-state index contributed by atoms with van der Waals surface area (Å²) in [6.07, 6.45) is 2.61. The molecule has 0 bridgehead atoms. The Morgan fingerprint density at radius 1 is 1.21 bits per heavy atom. The molecule has 39 heavy (non-hydrogen) atoms. The van der Waals surface area contributed by atoms with Gasteiger partial charge in [0.2, 0.25) is 5.91 Å². The van der Waals surface area contributed by atoms with Crippen LogP contribution in [0.25, 0.3) is 10.6 Å². The number of hydrogen-bond donors (Lipinski definition) is 3. The number of aliphatic hydroxyl groups excluding tert-OH is 2. The molecular weight excluding hydrogens is 532 g/mol. The van der Waals surface area contributed by atoms with Gasteiger partial charge in [0.1, 0.15) is 5.01 Å². The molecule has 3 aromatic rings. The standard InChI is InChI=1S/C30H38N2O5S2/c1-29-10-7-25(34)30(2,17-33)24(29)15-23-27(32-28(39-23)19-9-12-38-16-19)20(29)14-26(35)31-11-8-18-5-6-21(36-3)22(13-18)37-4/h5-6,9,12-13,16,20,24-25,33-34H,7-8,10-11,14-15,17H2,1-4H3,(H,31,35). The van der Waals surface area contributed by atoms with E-state index in [4.69, 9.17) is 14.5 Å². The van der Waals surface area contributed by atoms with Crippen LogP contribution >= 0.6 is 22.7 Å². The zero-order valence-corrected chi connectivity index (χ0v) is 24.7. The molecule has 2 aromatic heterocycles. The molecule has 2 heterocycles. The number of nitrogens with zero attached hydrogens (tertiary/aromatic N) is 1. The Bertz CT molecular complexity index is 1310. The summed E-state index contributed by atoms with van der Waals surface area (Å²) in [5.41, 5.74) is 2.30. The number of carbonyl (C=O) groups is 1. The highest BCUT2D eigenvalue weighted by Gasteiger charge is 2.59. The number of carbonyl (C=O) groups excluding carboxylic acids is 1. The van der Waals surface area contributed by atoms with Gasteiger partial charge in [-0.1, -0.05) is 19.9 Å². The number of hydrogen-bond acceptors (Lipinski definition) is 8. The number of rotatable bonds is 9. The molecule has 2 aliphatic rings. The van der Waals surface area contributed by atoms with E-state index in [9.17, 15) is 15.0 Å². The highest BCUT2D eigenvalue weighted by atomic mass is 32.1. The second kappa shape index (κ2) is 11.2. The number of nitrogens with one attached hydrogen (secondary N) is 1. The molecule has 5 atom stereocenters. The molecule has 210 valence electrons. The lowest BCUT2D eigenvalue weighted by molar-refractivity contribution is -0.144. The maximum Gasteiger partial charge on any atom is 0.220 e. The first-order valence-corrected chi connectivity index (χ1v) is 15.3. The number of ether oxygens (including phenoxy) is 2. The Morgan fingerprint density at radius 2 is 2.00 bits per heavy atom. The predicted molar refractivity (Wildman–Crippen MR) is 155 cm³/mol. The SMILES string of the molecule is COc1ccc(CCNC(=O)CC2c3nc(-c4ccsc4)sc3CC3C(C)(CO)C(O)CCC23C)cc1OC. The molecule has 3 N–H and O–H groups in total. The van der Waals surface area contributed by atoms with Crippen molar-refractivity contribution in [2.75, 3.05) is 27.4 Å². The van der Waals surface area contributed by atoms with Gasteiger partial charge < -0.3 is 25.0 Å². The minimum Gasteiger partial charge on any atom is -0.493 e. The first-order chi connectivity index (χ1) is 18.7. The van der Waals surface area contributed by atoms with E-state index < -0.39 is 11.5 Å². The molecule has 7 nitrogen and oxygen atoms in total. The predicted octanol–water partition coefficient (Wildman–Crippen LogP) is 5.05. The largest absolute Gasteiger partial charge is 0.493 e. The van der Waals surface area contributed by atoms with Gasteiger partial charge in [-0.05, 0) is 66.2 Å². The minimum atomic E-state index is -0.626. The van der Waals surface area contributed by atoms with Gasteiger partial charge in [-0.15, -0.1) is 11.3 Å². The fraction of sp³-hybridized carbons (Fsp3) is 0.533. The number of methoxy groups -OCH3 is 2. The van der Waals surface area contributed by atoms with Gasteiger partial charge in [0, 0.05) is 40.1 Å². The molecule has 5 rings (SSSR count). The third-order valence-corrected chi connectivity index (χ3v) is 11.1. The number of thiophene rings is 1. The van der Waals surface area contributed by atoms with Gasteiger partial charge in [0.25, 0.3) is 0 Å². The third kappa shape index (κ3) is 5.10. The fourth-order valence-corrected chi connectivity index (χ4v) is 8.68. The maximum atomic E-state index is 13.4. The van der Waals surface area contributed by atoms with Crippen LogP contribution in [0.2, 0.25) is 0 Å². The normalized spacial score (nSPS) is 27.9. The number of aromatic nitrogens is 1. The summed E-state index contributed by atoms with van der Waals surface area (Å²) in [5.74, 6) is 1.31. The van der Waals surface area contributed by atoms with Crippen LogP contribution in [-0.4, -0.2) is 54.6 Å². The zero-order chi connectivity index (χ0) is 27.8. The Kier molecular flexibility index (Phi) is 8.06. The minimum absolute atomic E-state index is 0.00444. The van der Waals surface area contributed by atoms with Crippen molar-refractivity contribution in [2.24, 2.45) is 16.7 Å². The van der Waals surface area contributed by atoms with Crippen molar-refractivity contribution in [3.05, 3.63) is 51.2 Å². The number of amides is 1. The first-order valence-electron chi connectivity index (χ1n) is 13.5. The summed E-state index contributed by atoms with van der Waals surface area (Å²) in [5, 5.41) is 29.7. The van der Waals surface area contributed by atoms with Crippen LogP contribution in [0.15, 0.2) is 35.0 Å². The molecule has 9 heteroatoms. The third-order valence-electron chi connectivity index (χ3n) is 9.24. The van der Waals surface area contributed by atoms with Gasteiger partial charge in [-0.2, -0.15) is 11.3 Å². The molecule has 5 unspecified atom stereocenters. The molecule has 2 aliphatic carbocycles. The van der Waals surface area contributed by atoms with Gasteiger partial charge in [-0.3, -0.25) is 4.79 Å². The molecule has 1 saturated carbocycles. The average Bonchev–Trinajstić information content (AvgIpc) is 3.62. The van der Waals surface area contributed by atoms with E-state index in [1.807, 2.05) is 25.1 Å². The summed E-state index contributed by atoms with van der Waals surface area (Å²) < 4.78 is 10.7. The lowest BCUT2D eigenvalue weighted by atomic mass is 9.47. The van der Waals surface area contributed by atoms with Crippen LogP contribution in [0.3, 0.4) is 0 Å². The molecular formula is C30H38N2O5S2. The summed E-state index contributed by atoms with van der Waals surface area (Å²) in [6, 6.07) is 7.88. The fourth-order valence-electron chi connectivity index (χ4n) is 6.80. The van der Waals surface area contributed by atoms with Gasteiger partial charge in [0.15, 0.2) is 11.5 Å². The van der Waals surface area contributed by atoms with Crippen molar-refractivity contribution >= 4 is 28.6 Å². The van der Waals surface area contributed by atoms with Crippen molar-refractivity contribution in [1.82, 2.24) is 10.3 Å². The van der Waals surface area contributed by atoms with Crippen LogP contribution < -0.4 is 14.8 Å². The average molecular weight is 571 g/mol. The molecule has 0 radical (unpaired) electrons. The quantitative estimate of drug-likeness (QED) is 0.333. The second-order valence-electron chi connectivity index (χ2n) is 11.4. The highest BCUT2D eigenvalue weighted by Crippen LogP contribution is 2.63. The Labute approximate surface area is 238 Å². The van der Waals surface area contributed by atoms with Gasteiger partial charge >= 0.3 is 0 Å². The topological polar surface area (TPSA) is 101 Å². The first kappa shape index (κ1) is 28.1.